The summed E-state index contributed by atoms with van der Waals surface area (Å²) in [5.74, 6) is -2.40. The van der Waals surface area contributed by atoms with Crippen molar-refractivity contribution in [2.75, 3.05) is 71.0 Å². The average molecular weight is 808 g/mol. The van der Waals surface area contributed by atoms with E-state index in [-0.39, 0.29) is 51.6 Å². The first-order valence-electron chi connectivity index (χ1n) is 17.8. The van der Waals surface area contributed by atoms with Gasteiger partial charge in [-0.25, -0.2) is 8.78 Å². The number of methoxy groups -OCH3 is 1. The van der Waals surface area contributed by atoms with E-state index in [1.165, 1.54) is 80.5 Å². The minimum absolute atomic E-state index is 0. The predicted octanol–water partition coefficient (Wildman–Crippen LogP) is 4.44. The Labute approximate surface area is 316 Å². The van der Waals surface area contributed by atoms with E-state index in [2.05, 4.69) is 4.90 Å². The summed E-state index contributed by atoms with van der Waals surface area (Å²) in [6, 6.07) is 10.3. The molecule has 0 N–H and O–H groups in total. The number of nitrogens with zero attached hydrogens (tertiary/aromatic N) is 4. The molecule has 14 heteroatoms. The van der Waals surface area contributed by atoms with E-state index >= 15 is 0 Å². The van der Waals surface area contributed by atoms with Gasteiger partial charge in [0.1, 0.15) is 28.7 Å². The zero-order chi connectivity index (χ0) is 37.0. The Morgan fingerprint density at radius 3 is 2.17 bits per heavy atom. The smallest absolute Gasteiger partial charge is 0.416 e. The molecule has 3 aliphatic rings. The maximum atomic E-state index is 14.1. The van der Waals surface area contributed by atoms with E-state index < -0.39 is 40.3 Å². The molecule has 3 aliphatic heterocycles. The second-order valence-electron chi connectivity index (χ2n) is 13.7. The van der Waals surface area contributed by atoms with E-state index in [9.17, 15) is 31.5 Å². The number of quaternary nitrogens is 1. The number of ether oxygens (including phenoxy) is 2. The van der Waals surface area contributed by atoms with Gasteiger partial charge in [-0.15, -0.1) is 0 Å². The van der Waals surface area contributed by atoms with Gasteiger partial charge < -0.3 is 40.4 Å². The standard InChI is InChI=1S/C39H44F5N4O4.BrH/c1-3-46(31-22-28(40)21-29(41)23-31)38(50)35-26-47(30-19-27(39(42,43)44)20-33(24-30)51-2)36-25-32(9-10-34(36)37(35)49)52-18-8-6-4-5-7-14-48-15-11-45(12-16-48)13-17-48;/h9-10,19-26H,3-8,11-18H2,1-2H3;1H/q+1;/p-1. The van der Waals surface area contributed by atoms with E-state index in [1.54, 1.807) is 19.1 Å². The van der Waals surface area contributed by atoms with Gasteiger partial charge in [-0.1, -0.05) is 12.8 Å². The zero-order valence-electron chi connectivity index (χ0n) is 29.9. The summed E-state index contributed by atoms with van der Waals surface area (Å²) in [5.41, 5.74) is -2.05. The van der Waals surface area contributed by atoms with Gasteiger partial charge in [-0.3, -0.25) is 14.5 Å². The van der Waals surface area contributed by atoms with Gasteiger partial charge in [0, 0.05) is 67.3 Å². The van der Waals surface area contributed by atoms with Crippen LogP contribution < -0.4 is 36.8 Å². The molecule has 4 aromatic rings. The topological polar surface area (TPSA) is 64.0 Å². The maximum absolute atomic E-state index is 14.1. The van der Waals surface area contributed by atoms with Gasteiger partial charge >= 0.3 is 6.18 Å². The van der Waals surface area contributed by atoms with E-state index in [4.69, 9.17) is 9.47 Å². The van der Waals surface area contributed by atoms with Gasteiger partial charge in [-0.2, -0.15) is 13.2 Å². The van der Waals surface area contributed by atoms with Crippen LogP contribution in [0.4, 0.5) is 27.6 Å². The lowest BCUT2D eigenvalue weighted by molar-refractivity contribution is -0.941. The molecule has 1 amide bonds. The van der Waals surface area contributed by atoms with Crippen LogP contribution in [0.5, 0.6) is 11.5 Å². The monoisotopic (exact) mass is 806 g/mol. The molecule has 0 atom stereocenters. The van der Waals surface area contributed by atoms with Crippen molar-refractivity contribution in [2.45, 2.75) is 45.2 Å². The molecule has 53 heavy (non-hydrogen) atoms. The van der Waals surface area contributed by atoms with Crippen molar-refractivity contribution in [2.24, 2.45) is 0 Å². The number of carbonyl (C=O) groups is 1. The van der Waals surface area contributed by atoms with Gasteiger partial charge in [-0.05, 0) is 62.6 Å². The van der Waals surface area contributed by atoms with E-state index in [1.807, 2.05) is 0 Å². The largest absolute Gasteiger partial charge is 1.00 e. The van der Waals surface area contributed by atoms with Crippen LogP contribution in [0.2, 0.25) is 0 Å². The predicted molar refractivity (Wildman–Crippen MR) is 190 cm³/mol. The molecule has 3 saturated heterocycles. The van der Waals surface area contributed by atoms with Gasteiger partial charge in [0.05, 0.1) is 51.0 Å². The number of anilines is 1. The molecule has 8 nitrogen and oxygen atoms in total. The first-order chi connectivity index (χ1) is 24.9. The Hall–Kier alpha value is -4.01. The SMILES string of the molecule is CCN(C(=O)c1cn(-c2cc(OC)cc(C(F)(F)F)c2)c2cc(OCCCCCCC[N+]34CCN(CC3)CC4)ccc2c1=O)c1cc(F)cc(F)c1.[Br-]. The summed E-state index contributed by atoms with van der Waals surface area (Å²) >= 11 is 0. The number of rotatable bonds is 14. The highest BCUT2D eigenvalue weighted by molar-refractivity contribution is 6.07. The molecular weight excluding hydrogens is 763 g/mol. The maximum Gasteiger partial charge on any atom is 0.416 e. The van der Waals surface area contributed by atoms with Crippen molar-refractivity contribution >= 4 is 22.5 Å². The zero-order valence-corrected chi connectivity index (χ0v) is 31.4. The van der Waals surface area contributed by atoms with Crippen molar-refractivity contribution in [3.8, 4) is 17.2 Å². The molecule has 2 bridgehead atoms. The third-order valence-electron chi connectivity index (χ3n) is 10.4. The number of carbonyl (C=O) groups excluding carboxylic acids is 1. The number of benzene rings is 3. The first-order valence-corrected chi connectivity index (χ1v) is 17.8. The number of alkyl halides is 3. The summed E-state index contributed by atoms with van der Waals surface area (Å²) in [6.07, 6.45) is 1.70. The first kappa shape index (κ1) is 40.2. The second kappa shape index (κ2) is 17.0. The highest BCUT2D eigenvalue weighted by Crippen LogP contribution is 2.35. The molecule has 7 rings (SSSR count). The highest BCUT2D eigenvalue weighted by atomic mass is 79.9. The third-order valence-corrected chi connectivity index (χ3v) is 10.4. The fraction of sp³-hybridized carbons (Fsp3) is 0.436. The lowest BCUT2D eigenvalue weighted by Crippen LogP contribution is -3.00. The van der Waals surface area contributed by atoms with Crippen LogP contribution >= 0.6 is 0 Å². The Morgan fingerprint density at radius 2 is 1.53 bits per heavy atom. The fourth-order valence-corrected chi connectivity index (χ4v) is 7.39. The minimum Gasteiger partial charge on any atom is -1.00 e. The second-order valence-corrected chi connectivity index (χ2v) is 13.7. The molecular formula is C39H44BrF5N4O4. The van der Waals surface area contributed by atoms with Crippen molar-refractivity contribution in [1.29, 1.82) is 0 Å². The van der Waals surface area contributed by atoms with Crippen molar-refractivity contribution in [3.05, 3.63) is 93.8 Å². The number of pyridine rings is 1. The van der Waals surface area contributed by atoms with Crippen molar-refractivity contribution < 1.29 is 57.7 Å². The molecule has 4 heterocycles. The van der Waals surface area contributed by atoms with Crippen LogP contribution in [0.3, 0.4) is 0 Å². The Bertz CT molecular complexity index is 1950. The van der Waals surface area contributed by atoms with Crippen LogP contribution in [-0.2, 0) is 6.18 Å². The van der Waals surface area contributed by atoms with Crippen LogP contribution in [-0.4, -0.2) is 85.9 Å². The quantitative estimate of drug-likeness (QED) is 0.107. The number of unbranched alkanes of at least 4 members (excludes halogenated alkanes) is 4. The van der Waals surface area contributed by atoms with Gasteiger partial charge in [0.25, 0.3) is 5.91 Å². The van der Waals surface area contributed by atoms with Crippen LogP contribution in [0, 0.1) is 11.6 Å². The third kappa shape index (κ3) is 9.21. The van der Waals surface area contributed by atoms with E-state index in [0.717, 1.165) is 61.0 Å². The van der Waals surface area contributed by atoms with Crippen LogP contribution in [0.1, 0.15) is 54.9 Å². The molecule has 0 radical (unpaired) electrons. The molecule has 3 aromatic carbocycles. The number of hydrogen-bond acceptors (Lipinski definition) is 5. The van der Waals surface area contributed by atoms with Gasteiger partial charge in [0.2, 0.25) is 5.43 Å². The summed E-state index contributed by atoms with van der Waals surface area (Å²) in [7, 11) is 1.23. The fourth-order valence-electron chi connectivity index (χ4n) is 7.39. The normalized spacial score (nSPS) is 18.1. The number of fused-ring (bicyclic) bond motifs is 4. The summed E-state index contributed by atoms with van der Waals surface area (Å²) in [5, 5.41) is 0.0394. The van der Waals surface area contributed by atoms with Crippen molar-refractivity contribution in [1.82, 2.24) is 9.47 Å². The molecule has 0 spiro atoms. The Morgan fingerprint density at radius 1 is 0.868 bits per heavy atom. The number of amides is 1. The van der Waals surface area contributed by atoms with Crippen molar-refractivity contribution in [3.63, 3.8) is 0 Å². The Balaban J connectivity index is 0.00000541. The lowest BCUT2D eigenvalue weighted by atomic mass is 10.1. The molecule has 3 fully saturated rings. The molecule has 0 unspecified atom stereocenters. The summed E-state index contributed by atoms with van der Waals surface area (Å²) in [6.45, 7) is 10.6. The summed E-state index contributed by atoms with van der Waals surface area (Å²) < 4.78 is 84.0. The van der Waals surface area contributed by atoms with Crippen LogP contribution in [0.15, 0.2) is 65.6 Å². The number of piperazine rings is 3. The van der Waals surface area contributed by atoms with E-state index in [0.29, 0.717) is 18.4 Å². The number of hydrogen-bond donors (Lipinski definition) is 0. The number of aromatic nitrogens is 1. The summed E-state index contributed by atoms with van der Waals surface area (Å²) in [4.78, 5) is 31.3. The average Bonchev–Trinajstić information content (AvgIpc) is 3.13. The molecule has 286 valence electrons. The number of halogens is 6. The van der Waals surface area contributed by atoms with Gasteiger partial charge in [0.15, 0.2) is 0 Å². The molecule has 0 saturated carbocycles. The lowest BCUT2D eigenvalue weighted by Gasteiger charge is -2.50. The molecule has 1 aromatic heterocycles. The minimum atomic E-state index is -4.72. The highest BCUT2D eigenvalue weighted by Gasteiger charge is 2.37. The van der Waals surface area contributed by atoms with Crippen LogP contribution in [0.25, 0.3) is 16.6 Å². The Kier molecular flexibility index (Phi) is 12.9. The molecule has 0 aliphatic carbocycles.